The number of aliphatic hydroxyl groups excluding tert-OH is 1. The van der Waals surface area contributed by atoms with Crippen molar-refractivity contribution in [3.05, 3.63) is 23.8 Å². The summed E-state index contributed by atoms with van der Waals surface area (Å²) in [7, 11) is 0. The molecule has 3 N–H and O–H groups in total. The number of nitrogens with one attached hydrogen (secondary N) is 2. The first-order valence-electron chi connectivity index (χ1n) is 24.2. The van der Waals surface area contributed by atoms with Crippen LogP contribution in [0.1, 0.15) is 187 Å². The lowest BCUT2D eigenvalue weighted by Crippen LogP contribution is -2.57. The normalized spacial score (nSPS) is 28.9. The van der Waals surface area contributed by atoms with Crippen molar-refractivity contribution in [2.24, 2.45) is 40.4 Å². The van der Waals surface area contributed by atoms with Crippen LogP contribution in [0, 0.1) is 40.4 Å². The third-order valence-corrected chi connectivity index (χ3v) is 15.3. The van der Waals surface area contributed by atoms with Crippen LogP contribution in [-0.2, 0) is 20.8 Å². The molecule has 0 radical (unpaired) electrons. The Morgan fingerprint density at radius 3 is 1.97 bits per heavy atom. The number of benzene rings is 1. The summed E-state index contributed by atoms with van der Waals surface area (Å²) in [5.41, 5.74) is 1.47. The number of ether oxygens (including phenoxy) is 2. The summed E-state index contributed by atoms with van der Waals surface area (Å²) in [6.45, 7) is 12.1. The smallest absolute Gasteiger partial charge is 0.219 e. The highest BCUT2D eigenvalue weighted by Crippen LogP contribution is 2.68. The van der Waals surface area contributed by atoms with Gasteiger partial charge in [0, 0.05) is 44.8 Å². The van der Waals surface area contributed by atoms with Gasteiger partial charge in [0.15, 0.2) is 0 Å². The highest BCUT2D eigenvalue weighted by molar-refractivity contribution is 5.79. The fourth-order valence-electron chi connectivity index (χ4n) is 12.1. The van der Waals surface area contributed by atoms with Crippen LogP contribution in [0.25, 0.3) is 0 Å². The van der Waals surface area contributed by atoms with E-state index >= 15 is 0 Å². The van der Waals surface area contributed by atoms with Crippen LogP contribution in [0.5, 0.6) is 11.5 Å². The zero-order chi connectivity index (χ0) is 41.4. The molecule has 328 valence electrons. The molecule has 5 rings (SSSR count). The van der Waals surface area contributed by atoms with Crippen LogP contribution in [0.4, 0.5) is 0 Å². The molecule has 0 aromatic heterocycles. The Morgan fingerprint density at radius 1 is 0.741 bits per heavy atom. The zero-order valence-electron chi connectivity index (χ0n) is 37.2. The average molecular weight is 807 g/mol. The molecule has 58 heavy (non-hydrogen) atoms. The average Bonchev–Trinajstić information content (AvgIpc) is 3.50. The monoisotopic (exact) mass is 807 g/mol. The van der Waals surface area contributed by atoms with Gasteiger partial charge in [-0.3, -0.25) is 14.4 Å². The van der Waals surface area contributed by atoms with Crippen molar-refractivity contribution < 1.29 is 29.0 Å². The largest absolute Gasteiger partial charge is 0.493 e. The first-order valence-corrected chi connectivity index (χ1v) is 24.2. The molecule has 1 unspecified atom stereocenters. The molecule has 8 nitrogen and oxygen atoms in total. The fraction of sp³-hybridized carbons (Fsp3) is 0.820. The Kier molecular flexibility index (Phi) is 18.7. The molecule has 4 aliphatic carbocycles. The second-order valence-electron chi connectivity index (χ2n) is 19.5. The fourth-order valence-corrected chi connectivity index (χ4v) is 12.1. The summed E-state index contributed by atoms with van der Waals surface area (Å²) >= 11 is 0. The molecule has 0 aliphatic heterocycles. The van der Waals surface area contributed by atoms with Crippen LogP contribution >= 0.6 is 0 Å². The maximum atomic E-state index is 12.7. The van der Waals surface area contributed by atoms with Crippen molar-refractivity contribution in [3.8, 4) is 11.5 Å². The third-order valence-electron chi connectivity index (χ3n) is 15.3. The molecule has 0 saturated heterocycles. The summed E-state index contributed by atoms with van der Waals surface area (Å²) < 4.78 is 12.7. The summed E-state index contributed by atoms with van der Waals surface area (Å²) in [4.78, 5) is 37.0. The molecule has 1 aromatic carbocycles. The summed E-state index contributed by atoms with van der Waals surface area (Å²) in [5, 5.41) is 17.5. The van der Waals surface area contributed by atoms with Gasteiger partial charge in [-0.25, -0.2) is 0 Å². The quantitative estimate of drug-likeness (QED) is 0.0804. The second-order valence-corrected chi connectivity index (χ2v) is 19.5. The lowest BCUT2D eigenvalue weighted by atomic mass is 9.42. The van der Waals surface area contributed by atoms with Crippen molar-refractivity contribution in [2.45, 2.75) is 194 Å². The van der Waals surface area contributed by atoms with Gasteiger partial charge < -0.3 is 25.2 Å². The van der Waals surface area contributed by atoms with Gasteiger partial charge in [-0.05, 0) is 167 Å². The van der Waals surface area contributed by atoms with Crippen LogP contribution in [-0.4, -0.2) is 55.1 Å². The van der Waals surface area contributed by atoms with E-state index in [-0.39, 0.29) is 28.7 Å². The number of aliphatic hydroxyl groups is 1. The van der Waals surface area contributed by atoms with Gasteiger partial charge >= 0.3 is 0 Å². The molecule has 2 amide bonds. The van der Waals surface area contributed by atoms with Gasteiger partial charge in [0.1, 0.15) is 17.3 Å². The van der Waals surface area contributed by atoms with E-state index in [4.69, 9.17) is 9.47 Å². The molecule has 4 fully saturated rings. The van der Waals surface area contributed by atoms with Gasteiger partial charge in [0.25, 0.3) is 0 Å². The van der Waals surface area contributed by atoms with Gasteiger partial charge in [-0.15, -0.1) is 0 Å². The van der Waals surface area contributed by atoms with E-state index in [1.54, 1.807) is 0 Å². The maximum absolute atomic E-state index is 12.7. The van der Waals surface area contributed by atoms with Crippen molar-refractivity contribution in [1.29, 1.82) is 0 Å². The predicted octanol–water partition coefficient (Wildman–Crippen LogP) is 10.7. The Hall–Kier alpha value is -2.61. The first-order chi connectivity index (χ1) is 28.1. The Balaban J connectivity index is 1.17. The number of unbranched alkanes of at least 4 members (excludes halogenated alkanes) is 8. The van der Waals surface area contributed by atoms with Crippen molar-refractivity contribution in [3.63, 3.8) is 0 Å². The summed E-state index contributed by atoms with van der Waals surface area (Å²) in [6.07, 6.45) is 24.4. The number of ketones is 1. The van der Waals surface area contributed by atoms with E-state index < -0.39 is 0 Å². The lowest BCUT2D eigenvalue weighted by molar-refractivity contribution is -0.159. The molecule has 8 heteroatoms. The van der Waals surface area contributed by atoms with Gasteiger partial charge in [0.05, 0.1) is 19.3 Å². The molecule has 8 atom stereocenters. The minimum absolute atomic E-state index is 0.00511. The summed E-state index contributed by atoms with van der Waals surface area (Å²) in [5.74, 6) is 5.44. The van der Waals surface area contributed by atoms with E-state index in [9.17, 15) is 19.5 Å². The van der Waals surface area contributed by atoms with E-state index in [0.717, 1.165) is 159 Å². The number of carbonyl (C=O) groups is 3. The molecule has 1 aromatic rings. The van der Waals surface area contributed by atoms with Crippen molar-refractivity contribution in [2.75, 3.05) is 26.3 Å². The topological polar surface area (TPSA) is 114 Å². The SMILES string of the molecule is CCCCCNC(=O)CCCCCOc1cc(CCC[C@H]2C[C@]3(C)[C@@H](O)CC[C@H]3[C@@H]3CCC4CC(=O)CC[C@]4(C)[C@@H]23)cc(OCCCCCC(=O)NCCCCC)c1. The number of fused-ring (bicyclic) bond motifs is 5. The van der Waals surface area contributed by atoms with Crippen LogP contribution in [0.2, 0.25) is 0 Å². The first kappa shape index (κ1) is 46.5. The maximum Gasteiger partial charge on any atom is 0.219 e. The van der Waals surface area contributed by atoms with E-state index in [1.807, 2.05) is 6.07 Å². The van der Waals surface area contributed by atoms with Crippen molar-refractivity contribution >= 4 is 17.6 Å². The number of carbonyl (C=O) groups excluding carboxylic acids is 3. The highest BCUT2D eigenvalue weighted by Gasteiger charge is 2.62. The van der Waals surface area contributed by atoms with E-state index in [2.05, 4.69) is 50.5 Å². The summed E-state index contributed by atoms with van der Waals surface area (Å²) in [6, 6.07) is 6.42. The Bertz CT molecular complexity index is 1380. The molecular formula is C50H82N2O6. The lowest BCUT2D eigenvalue weighted by Gasteiger charge is -2.62. The zero-order valence-corrected chi connectivity index (χ0v) is 37.2. The Morgan fingerprint density at radius 2 is 1.36 bits per heavy atom. The van der Waals surface area contributed by atoms with E-state index in [1.165, 1.54) is 18.4 Å². The van der Waals surface area contributed by atoms with E-state index in [0.29, 0.717) is 61.4 Å². The minimum Gasteiger partial charge on any atom is -0.493 e. The van der Waals surface area contributed by atoms with Gasteiger partial charge in [-0.1, -0.05) is 53.4 Å². The number of amides is 2. The number of Topliss-reactive ketones (excluding diaryl/α,β-unsaturated/α-hetero) is 1. The molecule has 0 bridgehead atoms. The van der Waals surface area contributed by atoms with Gasteiger partial charge in [0.2, 0.25) is 11.8 Å². The number of rotatable bonds is 26. The molecule has 4 saturated carbocycles. The number of hydrogen-bond donors (Lipinski definition) is 3. The standard InChI is InChI=1S/C50H82N2O6/c1-5-7-13-28-51-46(55)20-11-9-15-30-57-41-32-37(33-42(35-41)58-31-16-10-12-21-47(56)52-29-14-8-6-2)18-17-19-38-36-50(4)44(24-25-45(50)54)43-23-22-39-34-40(53)26-27-49(39,3)48(38)43/h32-33,35,38-39,43-45,48,54H,5-31,34,36H2,1-4H3,(H,51,55)(H,52,56)/t38-,39?,43-,44-,45-,48-,49-,50-/m0/s1. The Labute approximate surface area is 352 Å². The highest BCUT2D eigenvalue weighted by atomic mass is 16.5. The number of hydrogen-bond acceptors (Lipinski definition) is 6. The van der Waals surface area contributed by atoms with Gasteiger partial charge in [-0.2, -0.15) is 0 Å². The minimum atomic E-state index is -0.201. The molecule has 4 aliphatic rings. The van der Waals surface area contributed by atoms with Crippen LogP contribution in [0.15, 0.2) is 18.2 Å². The predicted molar refractivity (Wildman–Crippen MR) is 234 cm³/mol. The third kappa shape index (κ3) is 12.9. The molecular weight excluding hydrogens is 725 g/mol. The van der Waals surface area contributed by atoms with Crippen molar-refractivity contribution in [1.82, 2.24) is 10.6 Å². The van der Waals surface area contributed by atoms with Crippen LogP contribution in [0.3, 0.4) is 0 Å². The molecule has 0 heterocycles. The second kappa shape index (κ2) is 23.4. The number of aryl methyl sites for hydroxylation is 1. The molecule has 0 spiro atoms. The van der Waals surface area contributed by atoms with Crippen LogP contribution < -0.4 is 20.1 Å².